The van der Waals surface area contributed by atoms with Gasteiger partial charge in [0.25, 0.3) is 0 Å². The second-order valence-electron chi connectivity index (χ2n) is 16.0. The lowest BCUT2D eigenvalue weighted by Gasteiger charge is -2.22. The molecule has 0 unspecified atom stereocenters. The molecule has 0 aromatic carbocycles. The van der Waals surface area contributed by atoms with Gasteiger partial charge in [-0.15, -0.1) is 0 Å². The van der Waals surface area contributed by atoms with Gasteiger partial charge >= 0.3 is 0 Å². The highest BCUT2D eigenvalue weighted by atomic mass is 15.1. The van der Waals surface area contributed by atoms with Crippen LogP contribution in [0.25, 0.3) is 0 Å². The molecule has 0 atom stereocenters. The van der Waals surface area contributed by atoms with Crippen molar-refractivity contribution in [2.75, 3.05) is 19.6 Å². The van der Waals surface area contributed by atoms with Crippen LogP contribution in [0.15, 0.2) is 0 Å². The van der Waals surface area contributed by atoms with Crippen LogP contribution in [0.3, 0.4) is 0 Å². The van der Waals surface area contributed by atoms with Crippen LogP contribution in [0, 0.1) is 5.92 Å². The molecule has 46 heavy (non-hydrogen) atoms. The SMILES string of the molecule is CCCCCCCCCCCCCCCCCN(CCCCCCCCCCCCCCCCC)CCCCCCCCC(C)C. The molecule has 0 aromatic rings. The van der Waals surface area contributed by atoms with Crippen molar-refractivity contribution in [3.63, 3.8) is 0 Å². The smallest absolute Gasteiger partial charge is 0.00187 e. The normalized spacial score (nSPS) is 11.9. The number of hydrogen-bond acceptors (Lipinski definition) is 1. The average molecular weight is 648 g/mol. The van der Waals surface area contributed by atoms with Gasteiger partial charge in [0.2, 0.25) is 0 Å². The Kier molecular flexibility index (Phi) is 41.1. The first-order chi connectivity index (χ1) is 22.7. The van der Waals surface area contributed by atoms with Gasteiger partial charge < -0.3 is 4.90 Å². The first kappa shape index (κ1) is 46.0. The summed E-state index contributed by atoms with van der Waals surface area (Å²) in [6, 6.07) is 0. The topological polar surface area (TPSA) is 3.24 Å². The fourth-order valence-corrected chi connectivity index (χ4v) is 7.34. The maximum atomic E-state index is 2.86. The third-order valence-corrected chi connectivity index (χ3v) is 10.7. The van der Waals surface area contributed by atoms with E-state index in [1.54, 1.807) is 0 Å². The molecule has 0 saturated carbocycles. The lowest BCUT2D eigenvalue weighted by molar-refractivity contribution is 0.254. The average Bonchev–Trinajstić information content (AvgIpc) is 3.05. The molecule has 0 aliphatic rings. The largest absolute Gasteiger partial charge is 0.303 e. The molecular formula is C45H93N. The molecule has 0 rings (SSSR count). The van der Waals surface area contributed by atoms with Crippen LogP contribution in [0.1, 0.15) is 265 Å². The molecule has 0 saturated heterocycles. The van der Waals surface area contributed by atoms with Gasteiger partial charge in [-0.3, -0.25) is 0 Å². The number of nitrogens with zero attached hydrogens (tertiary/aromatic N) is 1. The summed E-state index contributed by atoms with van der Waals surface area (Å²) < 4.78 is 0. The zero-order valence-corrected chi connectivity index (χ0v) is 33.3. The Balaban J connectivity index is 3.86. The Labute approximate surface area is 295 Å². The van der Waals surface area contributed by atoms with Crippen LogP contribution in [-0.4, -0.2) is 24.5 Å². The van der Waals surface area contributed by atoms with Crippen LogP contribution in [0.4, 0.5) is 0 Å². The molecule has 0 bridgehead atoms. The summed E-state index contributed by atoms with van der Waals surface area (Å²) in [5.41, 5.74) is 0. The van der Waals surface area contributed by atoms with Crippen LogP contribution in [0.5, 0.6) is 0 Å². The quantitative estimate of drug-likeness (QED) is 0.0597. The molecule has 0 radical (unpaired) electrons. The van der Waals surface area contributed by atoms with Gasteiger partial charge in [0.15, 0.2) is 0 Å². The summed E-state index contributed by atoms with van der Waals surface area (Å²) in [5.74, 6) is 0.882. The lowest BCUT2D eigenvalue weighted by Crippen LogP contribution is -2.27. The molecule has 1 heteroatoms. The minimum atomic E-state index is 0.882. The Morgan fingerprint density at radius 2 is 0.457 bits per heavy atom. The van der Waals surface area contributed by atoms with Gasteiger partial charge in [-0.1, -0.05) is 246 Å². The van der Waals surface area contributed by atoms with E-state index in [1.807, 2.05) is 0 Å². The van der Waals surface area contributed by atoms with Crippen LogP contribution >= 0.6 is 0 Å². The third kappa shape index (κ3) is 40.1. The molecule has 0 amide bonds. The van der Waals surface area contributed by atoms with E-state index in [9.17, 15) is 0 Å². The van der Waals surface area contributed by atoms with Crippen molar-refractivity contribution in [1.82, 2.24) is 4.90 Å². The van der Waals surface area contributed by atoms with E-state index in [0.717, 1.165) is 5.92 Å². The van der Waals surface area contributed by atoms with E-state index in [2.05, 4.69) is 32.6 Å². The van der Waals surface area contributed by atoms with Gasteiger partial charge in [0.1, 0.15) is 0 Å². The Hall–Kier alpha value is -0.0400. The molecule has 278 valence electrons. The maximum absolute atomic E-state index is 2.86. The molecule has 0 aliphatic heterocycles. The highest BCUT2D eigenvalue weighted by Crippen LogP contribution is 2.16. The van der Waals surface area contributed by atoms with Crippen molar-refractivity contribution < 1.29 is 0 Å². The lowest BCUT2D eigenvalue weighted by atomic mass is 10.0. The molecule has 0 aromatic heterocycles. The predicted molar refractivity (Wildman–Crippen MR) is 213 cm³/mol. The van der Waals surface area contributed by atoms with E-state index in [-0.39, 0.29) is 0 Å². The van der Waals surface area contributed by atoms with E-state index in [0.29, 0.717) is 0 Å². The highest BCUT2D eigenvalue weighted by molar-refractivity contribution is 4.61. The second-order valence-corrected chi connectivity index (χ2v) is 16.0. The first-order valence-corrected chi connectivity index (χ1v) is 22.4. The van der Waals surface area contributed by atoms with Crippen molar-refractivity contribution >= 4 is 0 Å². The minimum Gasteiger partial charge on any atom is -0.303 e. The van der Waals surface area contributed by atoms with Crippen molar-refractivity contribution in [2.24, 2.45) is 5.92 Å². The maximum Gasteiger partial charge on any atom is -0.00187 e. The van der Waals surface area contributed by atoms with Crippen LogP contribution in [0.2, 0.25) is 0 Å². The van der Waals surface area contributed by atoms with Crippen molar-refractivity contribution in [3.05, 3.63) is 0 Å². The molecule has 1 nitrogen and oxygen atoms in total. The Morgan fingerprint density at radius 1 is 0.261 bits per heavy atom. The highest BCUT2D eigenvalue weighted by Gasteiger charge is 2.05. The van der Waals surface area contributed by atoms with Gasteiger partial charge in [0, 0.05) is 0 Å². The van der Waals surface area contributed by atoms with Gasteiger partial charge in [-0.2, -0.15) is 0 Å². The van der Waals surface area contributed by atoms with Crippen molar-refractivity contribution in [2.45, 2.75) is 265 Å². The summed E-state index contributed by atoms with van der Waals surface area (Å²) in [4.78, 5) is 2.86. The minimum absolute atomic E-state index is 0.882. The summed E-state index contributed by atoms with van der Waals surface area (Å²) in [5, 5.41) is 0. The summed E-state index contributed by atoms with van der Waals surface area (Å²) in [6.45, 7) is 13.5. The molecule has 0 aliphatic carbocycles. The Bertz CT molecular complexity index is 479. The fraction of sp³-hybridized carbons (Fsp3) is 1.00. The second kappa shape index (κ2) is 41.1. The van der Waals surface area contributed by atoms with Gasteiger partial charge in [-0.05, 0) is 44.8 Å². The standard InChI is InChI=1S/C45H93N/c1-5-7-9-11-13-15-17-19-21-23-25-27-30-34-38-42-46(44-40-36-32-29-33-37-41-45(3)4)43-39-35-31-28-26-24-22-20-18-16-14-12-10-8-6-2/h45H,5-44H2,1-4H3. The van der Waals surface area contributed by atoms with Crippen molar-refractivity contribution in [3.8, 4) is 0 Å². The number of hydrogen-bond donors (Lipinski definition) is 0. The summed E-state index contributed by atoms with van der Waals surface area (Å²) >= 11 is 0. The Morgan fingerprint density at radius 3 is 0.674 bits per heavy atom. The first-order valence-electron chi connectivity index (χ1n) is 22.4. The molecule has 0 heterocycles. The third-order valence-electron chi connectivity index (χ3n) is 10.7. The van der Waals surface area contributed by atoms with Crippen LogP contribution in [-0.2, 0) is 0 Å². The molecule has 0 N–H and O–H groups in total. The molecule has 0 spiro atoms. The zero-order valence-electron chi connectivity index (χ0n) is 33.3. The monoisotopic (exact) mass is 648 g/mol. The van der Waals surface area contributed by atoms with Gasteiger partial charge in [-0.25, -0.2) is 0 Å². The van der Waals surface area contributed by atoms with Crippen molar-refractivity contribution in [1.29, 1.82) is 0 Å². The fourth-order valence-electron chi connectivity index (χ4n) is 7.34. The van der Waals surface area contributed by atoms with E-state index in [4.69, 9.17) is 0 Å². The van der Waals surface area contributed by atoms with E-state index in [1.165, 1.54) is 257 Å². The van der Waals surface area contributed by atoms with Gasteiger partial charge in [0.05, 0.1) is 0 Å². The van der Waals surface area contributed by atoms with E-state index >= 15 is 0 Å². The summed E-state index contributed by atoms with van der Waals surface area (Å²) in [7, 11) is 0. The predicted octanol–water partition coefficient (Wildman–Crippen LogP) is 16.4. The number of rotatable bonds is 41. The van der Waals surface area contributed by atoms with E-state index < -0.39 is 0 Å². The molecular weight excluding hydrogens is 555 g/mol. The molecule has 0 fully saturated rings. The zero-order chi connectivity index (χ0) is 33.4. The van der Waals surface area contributed by atoms with Crippen LogP contribution < -0.4 is 0 Å². The summed E-state index contributed by atoms with van der Waals surface area (Å²) in [6.07, 6.45) is 54.1. The number of unbranched alkanes of at least 4 members (excludes halogenated alkanes) is 33.